The predicted octanol–water partition coefficient (Wildman–Crippen LogP) is 3.83. The maximum Gasteiger partial charge on any atom is 0.0946 e. The fourth-order valence-corrected chi connectivity index (χ4v) is 6.79. The molecule has 2 nitrogen and oxygen atoms in total. The molecule has 4 fully saturated rings. The van der Waals surface area contributed by atoms with Gasteiger partial charge in [-0.2, -0.15) is 11.8 Å². The van der Waals surface area contributed by atoms with Gasteiger partial charge in [0.1, 0.15) is 0 Å². The van der Waals surface area contributed by atoms with Crippen molar-refractivity contribution in [2.24, 2.45) is 23.2 Å². The Morgan fingerprint density at radius 2 is 1.84 bits per heavy atom. The van der Waals surface area contributed by atoms with Gasteiger partial charge in [-0.15, -0.1) is 0 Å². The molecule has 5 rings (SSSR count). The summed E-state index contributed by atoms with van der Waals surface area (Å²) in [6.07, 6.45) is 17.5. The van der Waals surface area contributed by atoms with Gasteiger partial charge in [-0.1, -0.05) is 0 Å². The second-order valence-electron chi connectivity index (χ2n) is 7.26. The summed E-state index contributed by atoms with van der Waals surface area (Å²) < 4.78 is 2.29. The number of aromatic nitrogens is 2. The standard InChI is InChI=1S/C16H24N2S/c1-19-15(10-18-3-2-17-11-18)16-7-12-4-13(8-16)6-14(5-12)9-16/h2-3,11-15H,4-10H2,1H3. The summed E-state index contributed by atoms with van der Waals surface area (Å²) in [6.45, 7) is 1.16. The van der Waals surface area contributed by atoms with E-state index in [0.717, 1.165) is 29.5 Å². The van der Waals surface area contributed by atoms with Crippen LogP contribution in [0.25, 0.3) is 0 Å². The highest BCUT2D eigenvalue weighted by molar-refractivity contribution is 7.99. The SMILES string of the molecule is CSC(Cn1ccnc1)C12CC3CC(CC(C3)C1)C2. The van der Waals surface area contributed by atoms with E-state index in [-0.39, 0.29) is 0 Å². The lowest BCUT2D eigenvalue weighted by Gasteiger charge is -2.59. The number of nitrogens with zero attached hydrogens (tertiary/aromatic N) is 2. The molecule has 4 saturated carbocycles. The Bertz CT molecular complexity index is 404. The smallest absolute Gasteiger partial charge is 0.0946 e. The van der Waals surface area contributed by atoms with Crippen LogP contribution in [0.4, 0.5) is 0 Å². The van der Waals surface area contributed by atoms with Crippen molar-refractivity contribution < 1.29 is 0 Å². The largest absolute Gasteiger partial charge is 0.336 e. The molecule has 0 amide bonds. The Morgan fingerprint density at radius 3 is 2.32 bits per heavy atom. The number of imidazole rings is 1. The Balaban J connectivity index is 1.58. The predicted molar refractivity (Wildman–Crippen MR) is 80.1 cm³/mol. The van der Waals surface area contributed by atoms with Crippen LogP contribution in [-0.2, 0) is 6.54 Å². The quantitative estimate of drug-likeness (QED) is 0.831. The molecule has 104 valence electrons. The lowest BCUT2D eigenvalue weighted by Crippen LogP contribution is -2.51. The van der Waals surface area contributed by atoms with E-state index in [1.807, 2.05) is 12.5 Å². The molecule has 1 heterocycles. The third-order valence-electron chi connectivity index (χ3n) is 5.99. The second-order valence-corrected chi connectivity index (χ2v) is 8.30. The van der Waals surface area contributed by atoms with E-state index in [2.05, 4.69) is 33.8 Å². The molecule has 3 heteroatoms. The van der Waals surface area contributed by atoms with Crippen LogP contribution < -0.4 is 0 Å². The van der Waals surface area contributed by atoms with Crippen LogP contribution in [0, 0.1) is 23.2 Å². The average molecular weight is 276 g/mol. The maximum atomic E-state index is 4.21. The topological polar surface area (TPSA) is 17.8 Å². The summed E-state index contributed by atoms with van der Waals surface area (Å²) in [4.78, 5) is 4.21. The molecular weight excluding hydrogens is 252 g/mol. The Hall–Kier alpha value is -0.440. The molecule has 1 aromatic rings. The molecule has 1 atom stereocenters. The number of rotatable bonds is 4. The Kier molecular flexibility index (Phi) is 2.94. The van der Waals surface area contributed by atoms with Crippen molar-refractivity contribution in [2.75, 3.05) is 6.26 Å². The summed E-state index contributed by atoms with van der Waals surface area (Å²) >= 11 is 2.11. The fraction of sp³-hybridized carbons (Fsp3) is 0.812. The van der Waals surface area contributed by atoms with E-state index in [1.165, 1.54) is 19.3 Å². The zero-order valence-corrected chi connectivity index (χ0v) is 12.6. The van der Waals surface area contributed by atoms with Gasteiger partial charge in [0.05, 0.1) is 6.33 Å². The minimum absolute atomic E-state index is 0.651. The van der Waals surface area contributed by atoms with Crippen LogP contribution in [0.15, 0.2) is 18.7 Å². The Labute approximate surface area is 120 Å². The van der Waals surface area contributed by atoms with Crippen LogP contribution in [0.2, 0.25) is 0 Å². The zero-order valence-electron chi connectivity index (χ0n) is 11.8. The number of hydrogen-bond acceptors (Lipinski definition) is 2. The monoisotopic (exact) mass is 276 g/mol. The summed E-state index contributed by atoms with van der Waals surface area (Å²) in [6, 6.07) is 0. The van der Waals surface area contributed by atoms with Crippen molar-refractivity contribution >= 4 is 11.8 Å². The molecule has 0 saturated heterocycles. The van der Waals surface area contributed by atoms with Crippen molar-refractivity contribution in [2.45, 2.75) is 50.3 Å². The molecule has 0 radical (unpaired) electrons. The second kappa shape index (κ2) is 4.54. The normalized spacial score (nSPS) is 41.6. The molecule has 19 heavy (non-hydrogen) atoms. The summed E-state index contributed by atoms with van der Waals surface area (Å²) in [5.74, 6) is 3.18. The van der Waals surface area contributed by atoms with Crippen LogP contribution in [-0.4, -0.2) is 21.1 Å². The third kappa shape index (κ3) is 2.05. The minimum atomic E-state index is 0.651. The first-order chi connectivity index (χ1) is 9.27. The molecule has 0 aromatic carbocycles. The molecule has 0 spiro atoms. The van der Waals surface area contributed by atoms with E-state index in [0.29, 0.717) is 5.41 Å². The minimum Gasteiger partial charge on any atom is -0.336 e. The van der Waals surface area contributed by atoms with E-state index in [9.17, 15) is 0 Å². The van der Waals surface area contributed by atoms with Crippen molar-refractivity contribution in [3.63, 3.8) is 0 Å². The molecule has 1 unspecified atom stereocenters. The van der Waals surface area contributed by atoms with Crippen molar-refractivity contribution in [3.05, 3.63) is 18.7 Å². The first-order valence-electron chi connectivity index (χ1n) is 7.76. The summed E-state index contributed by atoms with van der Waals surface area (Å²) in [7, 11) is 0. The van der Waals surface area contributed by atoms with E-state index >= 15 is 0 Å². The van der Waals surface area contributed by atoms with Gasteiger partial charge in [-0.05, 0) is 67.9 Å². The van der Waals surface area contributed by atoms with E-state index in [4.69, 9.17) is 0 Å². The van der Waals surface area contributed by atoms with Gasteiger partial charge in [0.25, 0.3) is 0 Å². The fourth-order valence-electron chi connectivity index (χ4n) is 5.68. The highest BCUT2D eigenvalue weighted by Crippen LogP contribution is 2.62. The average Bonchev–Trinajstić information content (AvgIpc) is 2.87. The van der Waals surface area contributed by atoms with Crippen molar-refractivity contribution in [1.82, 2.24) is 9.55 Å². The van der Waals surface area contributed by atoms with Crippen LogP contribution in [0.5, 0.6) is 0 Å². The first-order valence-corrected chi connectivity index (χ1v) is 9.05. The van der Waals surface area contributed by atoms with Crippen molar-refractivity contribution in [3.8, 4) is 0 Å². The van der Waals surface area contributed by atoms with E-state index in [1.54, 1.807) is 19.3 Å². The number of thioether (sulfide) groups is 1. The maximum absolute atomic E-state index is 4.21. The van der Waals surface area contributed by atoms with Crippen LogP contribution in [0.1, 0.15) is 38.5 Å². The highest BCUT2D eigenvalue weighted by atomic mass is 32.2. The molecule has 4 aliphatic rings. The third-order valence-corrected chi connectivity index (χ3v) is 7.21. The first kappa shape index (κ1) is 12.3. The molecule has 4 bridgehead atoms. The number of hydrogen-bond donors (Lipinski definition) is 0. The van der Waals surface area contributed by atoms with Gasteiger partial charge in [0.2, 0.25) is 0 Å². The Morgan fingerprint density at radius 1 is 1.21 bits per heavy atom. The molecule has 0 aliphatic heterocycles. The van der Waals surface area contributed by atoms with Gasteiger partial charge >= 0.3 is 0 Å². The summed E-state index contributed by atoms with van der Waals surface area (Å²) in [5, 5.41) is 0.787. The van der Waals surface area contributed by atoms with Gasteiger partial charge in [0.15, 0.2) is 0 Å². The molecule has 4 aliphatic carbocycles. The summed E-state index contributed by atoms with van der Waals surface area (Å²) in [5.41, 5.74) is 0.651. The van der Waals surface area contributed by atoms with E-state index < -0.39 is 0 Å². The van der Waals surface area contributed by atoms with Crippen LogP contribution >= 0.6 is 11.8 Å². The molecule has 0 N–H and O–H groups in total. The molecular formula is C16H24N2S. The molecule has 1 aromatic heterocycles. The van der Waals surface area contributed by atoms with Crippen LogP contribution in [0.3, 0.4) is 0 Å². The zero-order chi connectivity index (χ0) is 12.9. The van der Waals surface area contributed by atoms with Crippen molar-refractivity contribution in [1.29, 1.82) is 0 Å². The lowest BCUT2D eigenvalue weighted by molar-refractivity contribution is -0.0552. The van der Waals surface area contributed by atoms with Gasteiger partial charge in [-0.25, -0.2) is 4.98 Å². The highest BCUT2D eigenvalue weighted by Gasteiger charge is 2.53. The van der Waals surface area contributed by atoms with Gasteiger partial charge in [-0.3, -0.25) is 0 Å². The van der Waals surface area contributed by atoms with Gasteiger partial charge < -0.3 is 4.57 Å². The lowest BCUT2D eigenvalue weighted by atomic mass is 9.48. The van der Waals surface area contributed by atoms with Gasteiger partial charge in [0, 0.05) is 24.2 Å².